The van der Waals surface area contributed by atoms with Crippen molar-refractivity contribution < 1.29 is 9.31 Å². The molecule has 4 nitrogen and oxygen atoms in total. The highest BCUT2D eigenvalue weighted by atomic mass is 32.2. The van der Waals surface area contributed by atoms with E-state index in [0.717, 1.165) is 6.20 Å². The molecule has 0 bridgehead atoms. The molecule has 0 atom stereocenters. The minimum atomic E-state index is -0.533. The van der Waals surface area contributed by atoms with Crippen LogP contribution in [0, 0.1) is 10.1 Å². The monoisotopic (exact) mass is 194 g/mol. The van der Waals surface area contributed by atoms with Crippen LogP contribution in [0.3, 0.4) is 0 Å². The molecule has 0 aliphatic heterocycles. The van der Waals surface area contributed by atoms with Crippen molar-refractivity contribution in [2.45, 2.75) is 6.42 Å². The van der Waals surface area contributed by atoms with Gasteiger partial charge in [-0.05, 0) is 12.7 Å². The molecule has 1 N–H and O–H groups in total. The van der Waals surface area contributed by atoms with Crippen LogP contribution in [0.2, 0.25) is 0 Å². The normalized spacial score (nSPS) is 11.3. The lowest BCUT2D eigenvalue weighted by Crippen LogP contribution is -2.14. The minimum Gasteiger partial charge on any atom is -0.375 e. The van der Waals surface area contributed by atoms with Crippen LogP contribution in [-0.4, -0.2) is 24.4 Å². The van der Waals surface area contributed by atoms with Gasteiger partial charge in [0.1, 0.15) is 5.03 Å². The summed E-state index contributed by atoms with van der Waals surface area (Å²) in [6.07, 6.45) is 2.97. The van der Waals surface area contributed by atoms with E-state index in [2.05, 4.69) is 5.32 Å². The van der Waals surface area contributed by atoms with Crippen molar-refractivity contribution in [3.63, 3.8) is 0 Å². The van der Waals surface area contributed by atoms with Gasteiger partial charge in [0.05, 0.1) is 11.6 Å². The second kappa shape index (κ2) is 6.90. The van der Waals surface area contributed by atoms with E-state index < -0.39 is 11.6 Å². The summed E-state index contributed by atoms with van der Waals surface area (Å²) < 4.78 is 11.6. The largest absolute Gasteiger partial charge is 0.375 e. The molecule has 12 heavy (non-hydrogen) atoms. The van der Waals surface area contributed by atoms with Gasteiger partial charge in [-0.2, -0.15) is 0 Å². The van der Waals surface area contributed by atoms with Crippen molar-refractivity contribution >= 4 is 11.8 Å². The molecule has 0 radical (unpaired) electrons. The van der Waals surface area contributed by atoms with Crippen LogP contribution in [-0.2, 0) is 0 Å². The molecule has 0 amide bonds. The van der Waals surface area contributed by atoms with Gasteiger partial charge in [-0.3, -0.25) is 14.5 Å². The zero-order valence-corrected chi connectivity index (χ0v) is 7.57. The van der Waals surface area contributed by atoms with Crippen LogP contribution >= 0.6 is 11.8 Å². The van der Waals surface area contributed by atoms with Gasteiger partial charge in [-0.15, -0.1) is 11.8 Å². The molecule has 0 aliphatic rings. The molecule has 0 heterocycles. The molecule has 0 fully saturated rings. The Morgan fingerprint density at radius 1 is 1.83 bits per heavy atom. The third-order valence-electron chi connectivity index (χ3n) is 1.05. The molecule has 0 unspecified atom stereocenters. The highest BCUT2D eigenvalue weighted by molar-refractivity contribution is 8.02. The fraction of sp³-hybridized carbons (Fsp3) is 0.667. The molecule has 0 saturated carbocycles. The zero-order valence-electron chi connectivity index (χ0n) is 6.75. The predicted molar refractivity (Wildman–Crippen MR) is 47.2 cm³/mol. The number of nitrogens with zero attached hydrogens (tertiary/aromatic N) is 1. The molecule has 0 aliphatic carbocycles. The molecule has 70 valence electrons. The average Bonchev–Trinajstić information content (AvgIpc) is 2.02. The highest BCUT2D eigenvalue weighted by Crippen LogP contribution is 2.06. The van der Waals surface area contributed by atoms with Crippen molar-refractivity contribution in [2.24, 2.45) is 0 Å². The van der Waals surface area contributed by atoms with Crippen molar-refractivity contribution in [1.29, 1.82) is 0 Å². The van der Waals surface area contributed by atoms with Gasteiger partial charge in [-0.1, -0.05) is 0 Å². The standard InChI is InChI=1S/C6H11FN2O2S/c1-12-6(5-9(10)11)8-4-2-3-7/h5,8H,2-4H2,1H3/b6-5+. The van der Waals surface area contributed by atoms with Gasteiger partial charge >= 0.3 is 0 Å². The number of rotatable bonds is 6. The third-order valence-corrected chi connectivity index (χ3v) is 1.74. The van der Waals surface area contributed by atoms with E-state index >= 15 is 0 Å². The highest BCUT2D eigenvalue weighted by Gasteiger charge is 1.99. The summed E-state index contributed by atoms with van der Waals surface area (Å²) in [6, 6.07) is 0. The van der Waals surface area contributed by atoms with E-state index in [-0.39, 0.29) is 0 Å². The zero-order chi connectivity index (χ0) is 9.40. The van der Waals surface area contributed by atoms with E-state index in [9.17, 15) is 14.5 Å². The average molecular weight is 194 g/mol. The Kier molecular flexibility index (Phi) is 6.45. The molecule has 0 aromatic rings. The Hall–Kier alpha value is -0.780. The van der Waals surface area contributed by atoms with Gasteiger partial charge in [0.15, 0.2) is 0 Å². The molecule has 0 rings (SSSR count). The summed E-state index contributed by atoms with van der Waals surface area (Å²) in [7, 11) is 0. The number of hydrogen-bond donors (Lipinski definition) is 1. The van der Waals surface area contributed by atoms with Crippen LogP contribution in [0.15, 0.2) is 11.2 Å². The van der Waals surface area contributed by atoms with E-state index in [1.807, 2.05) is 0 Å². The lowest BCUT2D eigenvalue weighted by atomic mass is 10.5. The molecule has 0 aromatic carbocycles. The number of alkyl halides is 1. The molecule has 0 saturated heterocycles. The van der Waals surface area contributed by atoms with Gasteiger partial charge in [-0.25, -0.2) is 0 Å². The minimum absolute atomic E-state index is 0.371. The summed E-state index contributed by atoms with van der Waals surface area (Å²) in [5.41, 5.74) is 0. The molecular weight excluding hydrogens is 183 g/mol. The number of thioether (sulfide) groups is 1. The first-order valence-electron chi connectivity index (χ1n) is 3.40. The van der Waals surface area contributed by atoms with Crippen LogP contribution in [0.4, 0.5) is 4.39 Å². The van der Waals surface area contributed by atoms with Gasteiger partial charge < -0.3 is 5.32 Å². The van der Waals surface area contributed by atoms with E-state index in [1.54, 1.807) is 6.26 Å². The quantitative estimate of drug-likeness (QED) is 0.394. The van der Waals surface area contributed by atoms with Crippen molar-refractivity contribution in [2.75, 3.05) is 19.5 Å². The first-order chi connectivity index (χ1) is 5.70. The second-order valence-corrected chi connectivity index (χ2v) is 2.80. The van der Waals surface area contributed by atoms with Crippen molar-refractivity contribution in [1.82, 2.24) is 5.32 Å². The third kappa shape index (κ3) is 5.96. The smallest absolute Gasteiger partial charge is 0.263 e. The molecule has 0 aromatic heterocycles. The SMILES string of the molecule is CS/C(=C/[N+](=O)[O-])NCCCF. The first-order valence-corrected chi connectivity index (χ1v) is 4.62. The van der Waals surface area contributed by atoms with Crippen LogP contribution in [0.5, 0.6) is 0 Å². The summed E-state index contributed by atoms with van der Waals surface area (Å²) in [6.45, 7) is 0.0180. The van der Waals surface area contributed by atoms with Crippen molar-refractivity contribution in [3.8, 4) is 0 Å². The van der Waals surface area contributed by atoms with E-state index in [1.165, 1.54) is 11.8 Å². The van der Waals surface area contributed by atoms with E-state index in [4.69, 9.17) is 0 Å². The summed E-state index contributed by atoms with van der Waals surface area (Å²) in [5, 5.41) is 13.2. The molecule has 0 spiro atoms. The summed E-state index contributed by atoms with van der Waals surface area (Å²) in [4.78, 5) is 9.47. The Morgan fingerprint density at radius 3 is 2.92 bits per heavy atom. The lowest BCUT2D eigenvalue weighted by molar-refractivity contribution is -0.403. The maximum absolute atomic E-state index is 11.6. The fourth-order valence-corrected chi connectivity index (χ4v) is 0.983. The molecule has 6 heteroatoms. The summed E-state index contributed by atoms with van der Waals surface area (Å²) in [5.74, 6) is 0. The summed E-state index contributed by atoms with van der Waals surface area (Å²) >= 11 is 1.23. The van der Waals surface area contributed by atoms with Crippen LogP contribution < -0.4 is 5.32 Å². The van der Waals surface area contributed by atoms with Crippen LogP contribution in [0.25, 0.3) is 0 Å². The van der Waals surface area contributed by atoms with Gasteiger partial charge in [0.2, 0.25) is 0 Å². The predicted octanol–water partition coefficient (Wildman–Crippen LogP) is 1.37. The number of nitro groups is 1. The van der Waals surface area contributed by atoms with Gasteiger partial charge in [0.25, 0.3) is 6.20 Å². The Bertz CT molecular complexity index is 175. The lowest BCUT2D eigenvalue weighted by Gasteiger charge is -2.02. The van der Waals surface area contributed by atoms with Crippen molar-refractivity contribution in [3.05, 3.63) is 21.3 Å². The van der Waals surface area contributed by atoms with Gasteiger partial charge in [0, 0.05) is 6.54 Å². The van der Waals surface area contributed by atoms with E-state index in [0.29, 0.717) is 18.0 Å². The Balaban J connectivity index is 3.75. The Morgan fingerprint density at radius 2 is 2.50 bits per heavy atom. The fourth-order valence-electron chi connectivity index (χ4n) is 0.545. The first kappa shape index (κ1) is 11.2. The number of halogens is 1. The molecular formula is C6H11FN2O2S. The maximum Gasteiger partial charge on any atom is 0.263 e. The topological polar surface area (TPSA) is 55.2 Å². The second-order valence-electron chi connectivity index (χ2n) is 1.95. The maximum atomic E-state index is 11.6. The number of hydrogen-bond acceptors (Lipinski definition) is 4. The number of nitrogens with one attached hydrogen (secondary N) is 1. The Labute approximate surface area is 74.4 Å². The van der Waals surface area contributed by atoms with Crippen LogP contribution in [0.1, 0.15) is 6.42 Å².